The predicted octanol–water partition coefficient (Wildman–Crippen LogP) is 1.84. The number of amides is 1. The summed E-state index contributed by atoms with van der Waals surface area (Å²) in [6, 6.07) is 7.38. The van der Waals surface area contributed by atoms with Crippen molar-refractivity contribution in [2.75, 3.05) is 26.0 Å². The molecule has 0 radical (unpaired) electrons. The van der Waals surface area contributed by atoms with Crippen molar-refractivity contribution in [1.82, 2.24) is 9.62 Å². The van der Waals surface area contributed by atoms with Gasteiger partial charge < -0.3 is 10.1 Å². The van der Waals surface area contributed by atoms with Crippen LogP contribution in [-0.2, 0) is 24.3 Å². The number of hydrogen-bond donors (Lipinski definition) is 1. The lowest BCUT2D eigenvalue weighted by atomic mass is 9.98. The number of nitrogens with zero attached hydrogens (tertiary/aromatic N) is 1. The maximum atomic E-state index is 12.1. The van der Waals surface area contributed by atoms with Gasteiger partial charge in [-0.2, -0.15) is 0 Å². The molecule has 1 N–H and O–H groups in total. The molecule has 26 heavy (non-hydrogen) atoms. The highest BCUT2D eigenvalue weighted by Gasteiger charge is 2.30. The third-order valence-electron chi connectivity index (χ3n) is 4.35. The second kappa shape index (κ2) is 8.96. The van der Waals surface area contributed by atoms with E-state index in [0.717, 1.165) is 16.3 Å². The van der Waals surface area contributed by atoms with Gasteiger partial charge in [-0.05, 0) is 37.5 Å². The van der Waals surface area contributed by atoms with Gasteiger partial charge in [0.05, 0.1) is 18.2 Å². The van der Waals surface area contributed by atoms with E-state index in [9.17, 15) is 18.0 Å². The van der Waals surface area contributed by atoms with E-state index in [1.165, 1.54) is 4.31 Å². The monoisotopic (exact) mass is 446 g/mol. The molecular formula is C17H23BrN2O5S. The van der Waals surface area contributed by atoms with Crippen molar-refractivity contribution in [3.8, 4) is 0 Å². The number of hydrogen-bond acceptors (Lipinski definition) is 5. The SMILES string of the molecule is CC(NC(=O)COC(=O)C1CCN(S(C)(=O)=O)CC1)c1ccc(Br)cc1. The van der Waals surface area contributed by atoms with Crippen molar-refractivity contribution < 1.29 is 22.7 Å². The van der Waals surface area contributed by atoms with Crippen molar-refractivity contribution in [2.24, 2.45) is 5.92 Å². The zero-order chi connectivity index (χ0) is 19.3. The number of esters is 1. The predicted molar refractivity (Wildman–Crippen MR) is 101 cm³/mol. The number of piperidine rings is 1. The zero-order valence-electron chi connectivity index (χ0n) is 14.8. The van der Waals surface area contributed by atoms with Crippen molar-refractivity contribution in [3.63, 3.8) is 0 Å². The van der Waals surface area contributed by atoms with Crippen LogP contribution >= 0.6 is 15.9 Å². The molecule has 1 aromatic carbocycles. The Morgan fingerprint density at radius 2 is 1.85 bits per heavy atom. The fraction of sp³-hybridized carbons (Fsp3) is 0.529. The van der Waals surface area contributed by atoms with Gasteiger partial charge in [-0.25, -0.2) is 12.7 Å². The van der Waals surface area contributed by atoms with E-state index in [-0.39, 0.29) is 24.5 Å². The van der Waals surface area contributed by atoms with Gasteiger partial charge in [0.2, 0.25) is 10.0 Å². The van der Waals surface area contributed by atoms with Crippen molar-refractivity contribution in [3.05, 3.63) is 34.3 Å². The molecule has 0 saturated carbocycles. The summed E-state index contributed by atoms with van der Waals surface area (Å²) in [7, 11) is -3.23. The van der Waals surface area contributed by atoms with E-state index < -0.39 is 16.0 Å². The molecule has 0 bridgehead atoms. The van der Waals surface area contributed by atoms with Crippen LogP contribution in [-0.4, -0.2) is 50.6 Å². The third-order valence-corrected chi connectivity index (χ3v) is 6.18. The van der Waals surface area contributed by atoms with Crippen LogP contribution in [0.4, 0.5) is 0 Å². The Hall–Kier alpha value is -1.45. The molecule has 0 spiro atoms. The Balaban J connectivity index is 1.75. The fourth-order valence-electron chi connectivity index (χ4n) is 2.80. The minimum atomic E-state index is -3.23. The molecule has 7 nitrogen and oxygen atoms in total. The second-order valence-electron chi connectivity index (χ2n) is 6.38. The molecule has 1 heterocycles. The van der Waals surface area contributed by atoms with Gasteiger partial charge in [0, 0.05) is 17.6 Å². The van der Waals surface area contributed by atoms with Gasteiger partial charge in [0.25, 0.3) is 5.91 Å². The van der Waals surface area contributed by atoms with Crippen LogP contribution in [0.5, 0.6) is 0 Å². The summed E-state index contributed by atoms with van der Waals surface area (Å²) in [5.74, 6) is -1.20. The summed E-state index contributed by atoms with van der Waals surface area (Å²) in [4.78, 5) is 24.1. The Bertz CT molecular complexity index is 743. The number of sulfonamides is 1. The van der Waals surface area contributed by atoms with E-state index in [0.29, 0.717) is 25.9 Å². The maximum Gasteiger partial charge on any atom is 0.309 e. The maximum absolute atomic E-state index is 12.1. The van der Waals surface area contributed by atoms with Gasteiger partial charge in [0.1, 0.15) is 0 Å². The summed E-state index contributed by atoms with van der Waals surface area (Å²) in [6.45, 7) is 2.10. The molecule has 1 unspecified atom stereocenters. The van der Waals surface area contributed by atoms with E-state index in [2.05, 4.69) is 21.2 Å². The standard InChI is InChI=1S/C17H23BrN2O5S/c1-12(13-3-5-15(18)6-4-13)19-16(21)11-25-17(22)14-7-9-20(10-8-14)26(2,23)24/h3-6,12,14H,7-11H2,1-2H3,(H,19,21). The molecule has 1 saturated heterocycles. The third kappa shape index (κ3) is 6.07. The lowest BCUT2D eigenvalue weighted by molar-refractivity contribution is -0.153. The molecule has 1 fully saturated rings. The highest BCUT2D eigenvalue weighted by atomic mass is 79.9. The summed E-state index contributed by atoms with van der Waals surface area (Å²) >= 11 is 3.36. The van der Waals surface area contributed by atoms with Gasteiger partial charge in [-0.1, -0.05) is 28.1 Å². The van der Waals surface area contributed by atoms with Crippen LogP contribution in [0.25, 0.3) is 0 Å². The Morgan fingerprint density at radius 3 is 2.38 bits per heavy atom. The van der Waals surface area contributed by atoms with Crippen LogP contribution < -0.4 is 5.32 Å². The van der Waals surface area contributed by atoms with Gasteiger partial charge in [0.15, 0.2) is 6.61 Å². The minimum Gasteiger partial charge on any atom is -0.455 e. The van der Waals surface area contributed by atoms with Gasteiger partial charge in [-0.15, -0.1) is 0 Å². The van der Waals surface area contributed by atoms with Crippen LogP contribution in [0.2, 0.25) is 0 Å². The molecule has 1 atom stereocenters. The number of rotatable bonds is 6. The number of halogens is 1. The quantitative estimate of drug-likeness (QED) is 0.672. The van der Waals surface area contributed by atoms with E-state index in [1.54, 1.807) is 0 Å². The number of nitrogens with one attached hydrogen (secondary N) is 1. The average Bonchev–Trinajstić information content (AvgIpc) is 2.59. The van der Waals surface area contributed by atoms with E-state index in [1.807, 2.05) is 31.2 Å². The van der Waals surface area contributed by atoms with Gasteiger partial charge in [-0.3, -0.25) is 9.59 Å². The highest BCUT2D eigenvalue weighted by Crippen LogP contribution is 2.20. The smallest absolute Gasteiger partial charge is 0.309 e. The number of benzene rings is 1. The lowest BCUT2D eigenvalue weighted by Crippen LogP contribution is -2.40. The summed E-state index contributed by atoms with van der Waals surface area (Å²) in [6.07, 6.45) is 1.97. The average molecular weight is 447 g/mol. The summed E-state index contributed by atoms with van der Waals surface area (Å²) in [5.41, 5.74) is 0.945. The van der Waals surface area contributed by atoms with Crippen molar-refractivity contribution in [1.29, 1.82) is 0 Å². The Morgan fingerprint density at radius 1 is 1.27 bits per heavy atom. The largest absolute Gasteiger partial charge is 0.455 e. The van der Waals surface area contributed by atoms with Crippen molar-refractivity contribution >= 4 is 37.8 Å². The molecule has 144 valence electrons. The number of ether oxygens (including phenoxy) is 1. The molecule has 1 amide bonds. The van der Waals surface area contributed by atoms with Crippen LogP contribution in [0.15, 0.2) is 28.7 Å². The molecule has 1 aromatic rings. The summed E-state index contributed by atoms with van der Waals surface area (Å²) < 4.78 is 30.3. The molecule has 1 aliphatic heterocycles. The topological polar surface area (TPSA) is 92.8 Å². The molecular weight excluding hydrogens is 424 g/mol. The zero-order valence-corrected chi connectivity index (χ0v) is 17.2. The Labute approximate surface area is 162 Å². The molecule has 0 aromatic heterocycles. The van der Waals surface area contributed by atoms with Crippen LogP contribution in [0.3, 0.4) is 0 Å². The molecule has 0 aliphatic carbocycles. The molecule has 2 rings (SSSR count). The first-order chi connectivity index (χ1) is 12.2. The molecule has 9 heteroatoms. The highest BCUT2D eigenvalue weighted by molar-refractivity contribution is 9.10. The van der Waals surface area contributed by atoms with Gasteiger partial charge >= 0.3 is 5.97 Å². The molecule has 1 aliphatic rings. The normalized spacial score (nSPS) is 17.5. The van der Waals surface area contributed by atoms with E-state index >= 15 is 0 Å². The second-order valence-corrected chi connectivity index (χ2v) is 9.28. The minimum absolute atomic E-state index is 0.202. The Kier molecular flexibility index (Phi) is 7.19. The lowest BCUT2D eigenvalue weighted by Gasteiger charge is -2.28. The first kappa shape index (κ1) is 20.9. The van der Waals surface area contributed by atoms with Crippen molar-refractivity contribution in [2.45, 2.75) is 25.8 Å². The van der Waals surface area contributed by atoms with E-state index in [4.69, 9.17) is 4.74 Å². The fourth-order valence-corrected chi connectivity index (χ4v) is 3.93. The first-order valence-electron chi connectivity index (χ1n) is 8.33. The number of carbonyl (C=O) groups is 2. The number of carbonyl (C=O) groups excluding carboxylic acids is 2. The van der Waals surface area contributed by atoms with Crippen LogP contribution in [0, 0.1) is 5.92 Å². The first-order valence-corrected chi connectivity index (χ1v) is 11.0. The summed E-state index contributed by atoms with van der Waals surface area (Å²) in [5, 5.41) is 2.78. The van der Waals surface area contributed by atoms with Crippen LogP contribution in [0.1, 0.15) is 31.4 Å².